The standard InChI is InChI=1S/C25H37N5O6/c1-17-14-25(29(3)21(32)15-26-2,16-30(17,24(35)36)23(34)19-10-7-13-27-19)28-22(33)20(31)12-11-18-8-5-4-6-9-18/h4-6,8-9,17,19-20,26-27,31H,7,10-16H2,1-3H3,(H-,28,33,35,36)/p+1/t17-,19+,20-,25-,30-/m1/s1. The van der Waals surface area contributed by atoms with Gasteiger partial charge in [0, 0.05) is 13.5 Å². The molecule has 5 N–H and O–H groups in total. The van der Waals surface area contributed by atoms with Crippen LogP contribution in [0.3, 0.4) is 0 Å². The lowest BCUT2D eigenvalue weighted by Crippen LogP contribution is -2.69. The zero-order chi connectivity index (χ0) is 26.5. The molecule has 11 heteroatoms. The summed E-state index contributed by atoms with van der Waals surface area (Å²) in [6, 6.07) is 8.10. The van der Waals surface area contributed by atoms with Gasteiger partial charge in [0.05, 0.1) is 6.54 Å². The van der Waals surface area contributed by atoms with Crippen molar-refractivity contribution in [1.29, 1.82) is 0 Å². The van der Waals surface area contributed by atoms with E-state index in [1.807, 2.05) is 30.3 Å². The molecule has 0 unspecified atom stereocenters. The Kier molecular flexibility index (Phi) is 8.83. The Hall–Kier alpha value is -2.86. The van der Waals surface area contributed by atoms with Crippen LogP contribution in [0.5, 0.6) is 0 Å². The molecule has 0 radical (unpaired) electrons. The lowest BCUT2D eigenvalue weighted by Gasteiger charge is -2.39. The minimum absolute atomic E-state index is 0.0374. The third-order valence-electron chi connectivity index (χ3n) is 7.54. The van der Waals surface area contributed by atoms with Gasteiger partial charge in [-0.05, 0) is 51.8 Å². The Morgan fingerprint density at radius 2 is 1.94 bits per heavy atom. The second kappa shape index (κ2) is 11.5. The molecule has 3 rings (SSSR count). The molecular formula is C25H38N5O6+. The fourth-order valence-electron chi connectivity index (χ4n) is 5.41. The van der Waals surface area contributed by atoms with Gasteiger partial charge in [0.15, 0.2) is 5.66 Å². The maximum Gasteiger partial charge on any atom is 0.521 e. The zero-order valence-electron chi connectivity index (χ0n) is 21.2. The van der Waals surface area contributed by atoms with Crippen LogP contribution in [0, 0.1) is 0 Å². The quantitative estimate of drug-likeness (QED) is 0.234. The number of nitrogens with zero attached hydrogens (tertiary/aromatic N) is 2. The van der Waals surface area contributed by atoms with Gasteiger partial charge < -0.3 is 31.1 Å². The normalized spacial score (nSPS) is 28.4. The SMILES string of the molecule is CNCC(=O)N(C)[C@]1(NC(=O)[C@H](O)CCc2ccccc2)C[C@@H](C)[N@@+](C(=O)O)(C(=O)[C@@H]2CCCN2)C1. The number of amides is 4. The number of aliphatic hydroxyl groups is 1. The first-order valence-electron chi connectivity index (χ1n) is 12.4. The molecule has 4 amide bonds. The summed E-state index contributed by atoms with van der Waals surface area (Å²) in [6.07, 6.45) is -0.735. The van der Waals surface area contributed by atoms with E-state index in [2.05, 4.69) is 16.0 Å². The van der Waals surface area contributed by atoms with Crippen molar-refractivity contribution in [2.24, 2.45) is 0 Å². The average Bonchev–Trinajstić information content (AvgIpc) is 3.50. The molecule has 2 aliphatic rings. The number of likely N-dealkylation sites (N-methyl/N-ethyl adjacent to an activating group) is 2. The van der Waals surface area contributed by atoms with E-state index in [0.717, 1.165) is 12.0 Å². The summed E-state index contributed by atoms with van der Waals surface area (Å²) in [5.74, 6) is -1.57. The molecule has 198 valence electrons. The summed E-state index contributed by atoms with van der Waals surface area (Å²) < 4.78 is -0.908. The topological polar surface area (TPSA) is 148 Å². The number of nitrogens with one attached hydrogen (secondary N) is 3. The molecule has 5 atom stereocenters. The van der Waals surface area contributed by atoms with Crippen molar-refractivity contribution in [3.63, 3.8) is 0 Å². The van der Waals surface area contributed by atoms with Crippen LogP contribution >= 0.6 is 0 Å². The Morgan fingerprint density at radius 3 is 2.53 bits per heavy atom. The Labute approximate surface area is 211 Å². The van der Waals surface area contributed by atoms with Crippen LogP contribution in [0.1, 0.15) is 38.2 Å². The number of aliphatic hydroxyl groups excluding tert-OH is 1. The summed E-state index contributed by atoms with van der Waals surface area (Å²) in [5, 5.41) is 29.6. The molecule has 0 spiro atoms. The highest BCUT2D eigenvalue weighted by Crippen LogP contribution is 2.38. The van der Waals surface area contributed by atoms with Crippen molar-refractivity contribution in [2.75, 3.05) is 33.7 Å². The maximum atomic E-state index is 13.6. The molecule has 2 saturated heterocycles. The number of carbonyl (C=O) groups is 4. The van der Waals surface area contributed by atoms with E-state index in [4.69, 9.17) is 0 Å². The Morgan fingerprint density at radius 1 is 1.25 bits per heavy atom. The van der Waals surface area contributed by atoms with Crippen molar-refractivity contribution >= 4 is 23.8 Å². The van der Waals surface area contributed by atoms with Crippen LogP contribution in [0.2, 0.25) is 0 Å². The summed E-state index contributed by atoms with van der Waals surface area (Å²) >= 11 is 0. The number of hydrogen-bond donors (Lipinski definition) is 5. The number of quaternary nitrogens is 1. The molecule has 2 heterocycles. The minimum atomic E-state index is -1.47. The van der Waals surface area contributed by atoms with Crippen molar-refractivity contribution in [1.82, 2.24) is 20.9 Å². The maximum absolute atomic E-state index is 13.6. The molecule has 36 heavy (non-hydrogen) atoms. The lowest BCUT2D eigenvalue weighted by atomic mass is 10.0. The van der Waals surface area contributed by atoms with Gasteiger partial charge in [-0.2, -0.15) is 9.28 Å². The first-order chi connectivity index (χ1) is 17.1. The zero-order valence-corrected chi connectivity index (χ0v) is 21.2. The van der Waals surface area contributed by atoms with Crippen LogP contribution in [-0.4, -0.2) is 101 Å². The van der Waals surface area contributed by atoms with E-state index in [1.54, 1.807) is 14.0 Å². The van der Waals surface area contributed by atoms with Gasteiger partial charge in [0.1, 0.15) is 24.7 Å². The highest BCUT2D eigenvalue weighted by atomic mass is 16.4. The van der Waals surface area contributed by atoms with E-state index in [0.29, 0.717) is 19.4 Å². The van der Waals surface area contributed by atoms with Crippen molar-refractivity contribution in [3.05, 3.63) is 35.9 Å². The number of aryl methyl sites for hydroxylation is 1. The first kappa shape index (κ1) is 27.7. The van der Waals surface area contributed by atoms with Crippen LogP contribution in [0.4, 0.5) is 4.79 Å². The molecule has 2 fully saturated rings. The smallest absolute Gasteiger partial charge is 0.435 e. The monoisotopic (exact) mass is 504 g/mol. The number of likely N-dealkylation sites (tertiary alicyclic amines) is 1. The van der Waals surface area contributed by atoms with Gasteiger partial charge in [0.2, 0.25) is 5.91 Å². The van der Waals surface area contributed by atoms with E-state index in [9.17, 15) is 29.4 Å². The largest absolute Gasteiger partial charge is 0.521 e. The van der Waals surface area contributed by atoms with Crippen LogP contribution in [0.25, 0.3) is 0 Å². The molecule has 0 aromatic heterocycles. The van der Waals surface area contributed by atoms with Crippen LogP contribution in [-0.2, 0) is 20.8 Å². The average molecular weight is 505 g/mol. The van der Waals surface area contributed by atoms with Gasteiger partial charge in [-0.3, -0.25) is 9.59 Å². The van der Waals surface area contributed by atoms with Crippen molar-refractivity contribution in [2.45, 2.75) is 62.9 Å². The van der Waals surface area contributed by atoms with E-state index >= 15 is 0 Å². The fourth-order valence-corrected chi connectivity index (χ4v) is 5.41. The van der Waals surface area contributed by atoms with E-state index in [-0.39, 0.29) is 31.8 Å². The van der Waals surface area contributed by atoms with Crippen molar-refractivity contribution < 1.29 is 33.9 Å². The molecule has 1 aromatic rings. The Bertz CT molecular complexity index is 969. The number of imide groups is 1. The second-order valence-corrected chi connectivity index (χ2v) is 9.89. The number of rotatable bonds is 9. The molecular weight excluding hydrogens is 466 g/mol. The summed E-state index contributed by atoms with van der Waals surface area (Å²) in [4.78, 5) is 53.6. The number of carboxylic acid groups (broad SMARTS) is 1. The summed E-state index contributed by atoms with van der Waals surface area (Å²) in [6.45, 7) is 1.91. The van der Waals surface area contributed by atoms with Gasteiger partial charge in [0.25, 0.3) is 5.91 Å². The number of carbonyl (C=O) groups excluding carboxylic acids is 3. The number of benzene rings is 1. The molecule has 0 bridgehead atoms. The third kappa shape index (κ3) is 5.44. The predicted molar refractivity (Wildman–Crippen MR) is 132 cm³/mol. The summed E-state index contributed by atoms with van der Waals surface area (Å²) in [5.41, 5.74) is -0.503. The second-order valence-electron chi connectivity index (χ2n) is 9.89. The minimum Gasteiger partial charge on any atom is -0.435 e. The van der Waals surface area contributed by atoms with E-state index in [1.165, 1.54) is 11.9 Å². The van der Waals surface area contributed by atoms with Gasteiger partial charge >= 0.3 is 12.0 Å². The van der Waals surface area contributed by atoms with Crippen LogP contribution in [0.15, 0.2) is 30.3 Å². The summed E-state index contributed by atoms with van der Waals surface area (Å²) in [7, 11) is 3.09. The Balaban J connectivity index is 1.88. The molecule has 1 aromatic carbocycles. The van der Waals surface area contributed by atoms with Gasteiger partial charge in [-0.1, -0.05) is 30.3 Å². The molecule has 0 saturated carbocycles. The highest BCUT2D eigenvalue weighted by Gasteiger charge is 2.66. The molecule has 0 aliphatic carbocycles. The van der Waals surface area contributed by atoms with Crippen LogP contribution < -0.4 is 16.0 Å². The highest BCUT2D eigenvalue weighted by molar-refractivity contribution is 5.87. The molecule has 2 aliphatic heterocycles. The van der Waals surface area contributed by atoms with E-state index < -0.39 is 46.2 Å². The van der Waals surface area contributed by atoms with Gasteiger partial charge in [-0.25, -0.2) is 4.79 Å². The predicted octanol–water partition coefficient (Wildman–Crippen LogP) is 0.0360. The third-order valence-corrected chi connectivity index (χ3v) is 7.54. The fraction of sp³-hybridized carbons (Fsp3) is 0.600. The first-order valence-corrected chi connectivity index (χ1v) is 12.4. The number of hydrogen-bond acceptors (Lipinski definition) is 7. The van der Waals surface area contributed by atoms with Gasteiger partial charge in [-0.15, -0.1) is 0 Å². The molecule has 11 nitrogen and oxygen atoms in total. The lowest BCUT2D eigenvalue weighted by molar-refractivity contribution is -0.795. The van der Waals surface area contributed by atoms with Crippen molar-refractivity contribution in [3.8, 4) is 0 Å².